The zero-order valence-corrected chi connectivity index (χ0v) is 9.41. The van der Waals surface area contributed by atoms with Gasteiger partial charge in [-0.15, -0.1) is 12.4 Å². The summed E-state index contributed by atoms with van der Waals surface area (Å²) in [5, 5.41) is 17.3. The first-order valence-corrected chi connectivity index (χ1v) is 4.59. The third-order valence-corrected chi connectivity index (χ3v) is 2.06. The second-order valence-corrected chi connectivity index (χ2v) is 3.33. The van der Waals surface area contributed by atoms with Crippen molar-refractivity contribution in [1.82, 2.24) is 0 Å². The molecule has 1 aromatic rings. The highest BCUT2D eigenvalue weighted by atomic mass is 35.5. The van der Waals surface area contributed by atoms with Crippen molar-refractivity contribution in [2.24, 2.45) is 5.73 Å². The van der Waals surface area contributed by atoms with Gasteiger partial charge in [0.2, 0.25) is 0 Å². The molecular formula is C11H13ClN2O2. The van der Waals surface area contributed by atoms with Crippen molar-refractivity contribution < 1.29 is 9.90 Å². The molecule has 1 aromatic carbocycles. The van der Waals surface area contributed by atoms with E-state index >= 15 is 0 Å². The largest absolute Gasteiger partial charge is 0.481 e. The molecule has 1 atom stereocenters. The SMILES string of the molecule is Cl.N#Cc1ccccc1C[C@@H](N)CC(=O)O. The average molecular weight is 241 g/mol. The fraction of sp³-hybridized carbons (Fsp3) is 0.273. The lowest BCUT2D eigenvalue weighted by molar-refractivity contribution is -0.137. The van der Waals surface area contributed by atoms with Crippen molar-refractivity contribution in [3.8, 4) is 6.07 Å². The summed E-state index contributed by atoms with van der Waals surface area (Å²) < 4.78 is 0. The maximum atomic E-state index is 10.4. The number of carboxylic acid groups (broad SMARTS) is 1. The minimum absolute atomic E-state index is 0. The molecule has 0 unspecified atom stereocenters. The first-order valence-electron chi connectivity index (χ1n) is 4.59. The van der Waals surface area contributed by atoms with Gasteiger partial charge in [0.05, 0.1) is 18.1 Å². The molecule has 0 saturated carbocycles. The van der Waals surface area contributed by atoms with E-state index in [1.165, 1.54) is 0 Å². The van der Waals surface area contributed by atoms with Crippen LogP contribution in [0.2, 0.25) is 0 Å². The maximum Gasteiger partial charge on any atom is 0.304 e. The van der Waals surface area contributed by atoms with Crippen LogP contribution in [0.1, 0.15) is 17.5 Å². The van der Waals surface area contributed by atoms with Gasteiger partial charge in [-0.2, -0.15) is 5.26 Å². The summed E-state index contributed by atoms with van der Waals surface area (Å²) in [7, 11) is 0. The Kier molecular flexibility index (Phi) is 6.16. The molecule has 3 N–H and O–H groups in total. The summed E-state index contributed by atoms with van der Waals surface area (Å²) in [6, 6.07) is 8.67. The Bertz CT molecular complexity index is 401. The molecule has 0 saturated heterocycles. The van der Waals surface area contributed by atoms with Crippen LogP contribution in [0.25, 0.3) is 0 Å². The number of nitrogens with zero attached hydrogens (tertiary/aromatic N) is 1. The number of rotatable bonds is 4. The van der Waals surface area contributed by atoms with Crippen molar-refractivity contribution in [2.45, 2.75) is 18.9 Å². The van der Waals surface area contributed by atoms with Gasteiger partial charge in [0.15, 0.2) is 0 Å². The van der Waals surface area contributed by atoms with Gasteiger partial charge >= 0.3 is 5.97 Å². The summed E-state index contributed by atoms with van der Waals surface area (Å²) in [5.74, 6) is -0.920. The predicted molar refractivity (Wildman–Crippen MR) is 62.3 cm³/mol. The van der Waals surface area contributed by atoms with Crippen LogP contribution < -0.4 is 5.73 Å². The molecule has 0 amide bonds. The van der Waals surface area contributed by atoms with Crippen molar-refractivity contribution in [2.75, 3.05) is 0 Å². The van der Waals surface area contributed by atoms with Gasteiger partial charge in [-0.25, -0.2) is 0 Å². The topological polar surface area (TPSA) is 87.1 Å². The van der Waals surface area contributed by atoms with Crippen LogP contribution in [0.15, 0.2) is 24.3 Å². The second-order valence-electron chi connectivity index (χ2n) is 3.33. The molecule has 0 fully saturated rings. The fourth-order valence-electron chi connectivity index (χ4n) is 1.39. The van der Waals surface area contributed by atoms with Crippen LogP contribution in [0, 0.1) is 11.3 Å². The summed E-state index contributed by atoms with van der Waals surface area (Å²) in [6.45, 7) is 0. The van der Waals surface area contributed by atoms with Gasteiger partial charge < -0.3 is 10.8 Å². The quantitative estimate of drug-likeness (QED) is 0.831. The Morgan fingerprint density at radius 2 is 2.12 bits per heavy atom. The Hall–Kier alpha value is -1.57. The first-order chi connectivity index (χ1) is 7.13. The van der Waals surface area contributed by atoms with E-state index in [0.717, 1.165) is 5.56 Å². The van der Waals surface area contributed by atoms with Crippen molar-refractivity contribution >= 4 is 18.4 Å². The van der Waals surface area contributed by atoms with E-state index in [-0.39, 0.29) is 18.8 Å². The standard InChI is InChI=1S/C11H12N2O2.ClH/c12-7-9-4-2-1-3-8(9)5-10(13)6-11(14)15;/h1-4,10H,5-6,13H2,(H,14,15);1H/t10-;/m1./s1. The molecule has 1 rings (SSSR count). The number of nitriles is 1. The number of hydrogen-bond donors (Lipinski definition) is 2. The highest BCUT2D eigenvalue weighted by Crippen LogP contribution is 2.10. The Balaban J connectivity index is 0.00000225. The normalized spacial score (nSPS) is 11.0. The molecule has 0 aliphatic rings. The molecular weight excluding hydrogens is 228 g/mol. The number of carbonyl (C=O) groups is 1. The monoisotopic (exact) mass is 240 g/mol. The van der Waals surface area contributed by atoms with E-state index in [1.807, 2.05) is 6.07 Å². The molecule has 4 nitrogen and oxygen atoms in total. The zero-order chi connectivity index (χ0) is 11.3. The number of carboxylic acids is 1. The lowest BCUT2D eigenvalue weighted by Gasteiger charge is -2.09. The van der Waals surface area contributed by atoms with Crippen LogP contribution in [0.4, 0.5) is 0 Å². The summed E-state index contributed by atoms with van der Waals surface area (Å²) in [4.78, 5) is 10.4. The molecule has 16 heavy (non-hydrogen) atoms. The van der Waals surface area contributed by atoms with Gasteiger partial charge in [0.1, 0.15) is 0 Å². The highest BCUT2D eigenvalue weighted by molar-refractivity contribution is 5.85. The number of benzene rings is 1. The Labute approximate surface area is 100 Å². The van der Waals surface area contributed by atoms with Gasteiger partial charge in [-0.1, -0.05) is 18.2 Å². The van der Waals surface area contributed by atoms with E-state index in [9.17, 15) is 4.79 Å². The molecule has 0 spiro atoms. The number of halogens is 1. The van der Waals surface area contributed by atoms with Crippen LogP contribution >= 0.6 is 12.4 Å². The van der Waals surface area contributed by atoms with E-state index in [0.29, 0.717) is 12.0 Å². The third-order valence-electron chi connectivity index (χ3n) is 2.06. The van der Waals surface area contributed by atoms with Crippen LogP contribution in [-0.2, 0) is 11.2 Å². The molecule has 0 aliphatic carbocycles. The smallest absolute Gasteiger partial charge is 0.304 e. The average Bonchev–Trinajstić information content (AvgIpc) is 2.17. The summed E-state index contributed by atoms with van der Waals surface area (Å²) >= 11 is 0. The Morgan fingerprint density at radius 3 is 2.69 bits per heavy atom. The van der Waals surface area contributed by atoms with E-state index in [4.69, 9.17) is 16.1 Å². The van der Waals surface area contributed by atoms with Crippen LogP contribution in [-0.4, -0.2) is 17.1 Å². The van der Waals surface area contributed by atoms with Crippen molar-refractivity contribution in [3.05, 3.63) is 35.4 Å². The van der Waals surface area contributed by atoms with E-state index in [2.05, 4.69) is 6.07 Å². The first kappa shape index (κ1) is 14.4. The molecule has 0 radical (unpaired) electrons. The van der Waals surface area contributed by atoms with Crippen LogP contribution in [0.3, 0.4) is 0 Å². The maximum absolute atomic E-state index is 10.4. The minimum atomic E-state index is -0.920. The zero-order valence-electron chi connectivity index (χ0n) is 8.59. The van der Waals surface area contributed by atoms with E-state index < -0.39 is 12.0 Å². The van der Waals surface area contributed by atoms with Gasteiger partial charge in [-0.05, 0) is 18.1 Å². The van der Waals surface area contributed by atoms with Gasteiger partial charge in [0.25, 0.3) is 0 Å². The third kappa shape index (κ3) is 4.30. The lowest BCUT2D eigenvalue weighted by Crippen LogP contribution is -2.26. The van der Waals surface area contributed by atoms with Gasteiger partial charge in [-0.3, -0.25) is 4.79 Å². The number of hydrogen-bond acceptors (Lipinski definition) is 3. The summed E-state index contributed by atoms with van der Waals surface area (Å²) in [6.07, 6.45) is 0.329. The lowest BCUT2D eigenvalue weighted by atomic mass is 10.00. The number of aliphatic carboxylic acids is 1. The molecule has 5 heteroatoms. The van der Waals surface area contributed by atoms with Crippen molar-refractivity contribution in [1.29, 1.82) is 5.26 Å². The molecule has 86 valence electrons. The van der Waals surface area contributed by atoms with Gasteiger partial charge in [0, 0.05) is 6.04 Å². The Morgan fingerprint density at radius 1 is 1.50 bits per heavy atom. The molecule has 0 aliphatic heterocycles. The molecule has 0 bridgehead atoms. The van der Waals surface area contributed by atoms with E-state index in [1.54, 1.807) is 18.2 Å². The molecule has 0 heterocycles. The highest BCUT2D eigenvalue weighted by Gasteiger charge is 2.10. The number of nitrogens with two attached hydrogens (primary N) is 1. The van der Waals surface area contributed by atoms with Crippen molar-refractivity contribution in [3.63, 3.8) is 0 Å². The minimum Gasteiger partial charge on any atom is -0.481 e. The van der Waals surface area contributed by atoms with Crippen LogP contribution in [0.5, 0.6) is 0 Å². The summed E-state index contributed by atoms with van der Waals surface area (Å²) in [5.41, 5.74) is 6.99. The fourth-order valence-corrected chi connectivity index (χ4v) is 1.39. The second kappa shape index (κ2) is 6.83. The predicted octanol–water partition coefficient (Wildman–Crippen LogP) is 1.32. The molecule has 0 aromatic heterocycles.